The van der Waals surface area contributed by atoms with Crippen LogP contribution in [0.25, 0.3) is 0 Å². The van der Waals surface area contributed by atoms with Crippen molar-refractivity contribution in [1.29, 1.82) is 0 Å². The Morgan fingerprint density at radius 2 is 1.95 bits per heavy atom. The van der Waals surface area contributed by atoms with Gasteiger partial charge in [0.1, 0.15) is 5.76 Å². The molecule has 0 unspecified atom stereocenters. The van der Waals surface area contributed by atoms with Gasteiger partial charge in [0.25, 0.3) is 5.91 Å². The zero-order chi connectivity index (χ0) is 16.1. The number of carbonyl (C=O) groups is 1. The number of aliphatic hydroxyl groups excluding tert-OH is 1. The van der Waals surface area contributed by atoms with Gasteiger partial charge in [0.15, 0.2) is 5.76 Å². The number of furan rings is 1. The van der Waals surface area contributed by atoms with E-state index in [4.69, 9.17) is 9.52 Å². The van der Waals surface area contributed by atoms with Gasteiger partial charge in [-0.2, -0.15) is 0 Å². The monoisotopic (exact) mass is 302 g/mol. The molecule has 5 nitrogen and oxygen atoms in total. The molecular formula is C17H22N2O3. The second kappa shape index (κ2) is 7.24. The van der Waals surface area contributed by atoms with Crippen molar-refractivity contribution in [1.82, 2.24) is 4.90 Å². The molecule has 5 heteroatoms. The number of nitrogens with one attached hydrogen (secondary N) is 1. The molecule has 118 valence electrons. The van der Waals surface area contributed by atoms with Gasteiger partial charge in [0.05, 0.1) is 6.61 Å². The average molecular weight is 302 g/mol. The lowest BCUT2D eigenvalue weighted by Crippen LogP contribution is -2.15. The Balaban J connectivity index is 1.99. The molecule has 0 saturated carbocycles. The molecule has 0 fully saturated rings. The summed E-state index contributed by atoms with van der Waals surface area (Å²) in [6.07, 6.45) is 0.971. The molecule has 0 atom stereocenters. The van der Waals surface area contributed by atoms with Gasteiger partial charge in [-0.15, -0.1) is 0 Å². The van der Waals surface area contributed by atoms with E-state index < -0.39 is 0 Å². The van der Waals surface area contributed by atoms with Crippen molar-refractivity contribution in [2.24, 2.45) is 0 Å². The average Bonchev–Trinajstić information content (AvgIpc) is 2.87. The second-order valence-corrected chi connectivity index (χ2v) is 5.55. The molecule has 0 aliphatic rings. The standard InChI is InChI=1S/C17H22N2O3/c1-12-14(11-20)10-16(22-12)17(21)18-15-6-4-13(5-7-15)8-9-19(2)3/h4-7,10,20H,8-9,11H2,1-3H3,(H,18,21). The summed E-state index contributed by atoms with van der Waals surface area (Å²) >= 11 is 0. The Morgan fingerprint density at radius 1 is 1.27 bits per heavy atom. The molecule has 2 rings (SSSR count). The molecule has 0 bridgehead atoms. The third kappa shape index (κ3) is 4.19. The van der Waals surface area contributed by atoms with Crippen molar-refractivity contribution in [2.45, 2.75) is 20.0 Å². The Kier molecular flexibility index (Phi) is 5.35. The first kappa shape index (κ1) is 16.3. The van der Waals surface area contributed by atoms with Gasteiger partial charge in [0, 0.05) is 17.8 Å². The molecular weight excluding hydrogens is 280 g/mol. The lowest BCUT2D eigenvalue weighted by atomic mass is 10.1. The first-order valence-electron chi connectivity index (χ1n) is 7.25. The van der Waals surface area contributed by atoms with E-state index in [-0.39, 0.29) is 18.3 Å². The van der Waals surface area contributed by atoms with E-state index in [1.54, 1.807) is 13.0 Å². The molecule has 0 radical (unpaired) electrons. The summed E-state index contributed by atoms with van der Waals surface area (Å²) in [5, 5.41) is 11.9. The number of hydrogen-bond donors (Lipinski definition) is 2. The summed E-state index contributed by atoms with van der Waals surface area (Å²) in [4.78, 5) is 14.2. The molecule has 1 amide bonds. The predicted molar refractivity (Wildman–Crippen MR) is 86.0 cm³/mol. The Bertz CT molecular complexity index is 630. The van der Waals surface area contributed by atoms with Crippen LogP contribution in [0.15, 0.2) is 34.7 Å². The largest absolute Gasteiger partial charge is 0.456 e. The van der Waals surface area contributed by atoms with Crippen LogP contribution in [0.5, 0.6) is 0 Å². The number of aliphatic hydroxyl groups is 1. The van der Waals surface area contributed by atoms with Crippen molar-refractivity contribution < 1.29 is 14.3 Å². The maximum Gasteiger partial charge on any atom is 0.291 e. The van der Waals surface area contributed by atoms with Crippen LogP contribution in [0.2, 0.25) is 0 Å². The summed E-state index contributed by atoms with van der Waals surface area (Å²) in [7, 11) is 4.08. The van der Waals surface area contributed by atoms with Crippen LogP contribution in [0, 0.1) is 6.92 Å². The lowest BCUT2D eigenvalue weighted by Gasteiger charge is -2.09. The quantitative estimate of drug-likeness (QED) is 0.860. The van der Waals surface area contributed by atoms with E-state index in [0.717, 1.165) is 18.7 Å². The first-order valence-corrected chi connectivity index (χ1v) is 7.25. The summed E-state index contributed by atoms with van der Waals surface area (Å²) in [5.74, 6) is 0.453. The SMILES string of the molecule is Cc1oc(C(=O)Nc2ccc(CCN(C)C)cc2)cc1CO. The summed E-state index contributed by atoms with van der Waals surface area (Å²) in [5.41, 5.74) is 2.57. The van der Waals surface area contributed by atoms with E-state index in [2.05, 4.69) is 10.2 Å². The minimum absolute atomic E-state index is 0.136. The third-order valence-electron chi connectivity index (χ3n) is 3.47. The van der Waals surface area contributed by atoms with Gasteiger partial charge in [-0.3, -0.25) is 4.79 Å². The maximum atomic E-state index is 12.1. The Hall–Kier alpha value is -2.11. The fourth-order valence-electron chi connectivity index (χ4n) is 2.09. The number of hydrogen-bond acceptors (Lipinski definition) is 4. The van der Waals surface area contributed by atoms with Gasteiger partial charge in [-0.05, 0) is 51.2 Å². The summed E-state index contributed by atoms with van der Waals surface area (Å²) in [6, 6.07) is 9.34. The van der Waals surface area contributed by atoms with Gasteiger partial charge in [0.2, 0.25) is 0 Å². The summed E-state index contributed by atoms with van der Waals surface area (Å²) < 4.78 is 5.35. The van der Waals surface area contributed by atoms with Gasteiger partial charge in [-0.25, -0.2) is 0 Å². The van der Waals surface area contributed by atoms with Crippen molar-refractivity contribution in [3.05, 3.63) is 53.0 Å². The molecule has 1 aromatic carbocycles. The number of aryl methyl sites for hydroxylation is 1. The lowest BCUT2D eigenvalue weighted by molar-refractivity contribution is 0.0995. The highest BCUT2D eigenvalue weighted by atomic mass is 16.4. The minimum Gasteiger partial charge on any atom is -0.456 e. The van der Waals surface area contributed by atoms with E-state index in [0.29, 0.717) is 11.3 Å². The van der Waals surface area contributed by atoms with Crippen molar-refractivity contribution in [3.63, 3.8) is 0 Å². The van der Waals surface area contributed by atoms with Crippen molar-refractivity contribution in [2.75, 3.05) is 26.0 Å². The Labute approximate surface area is 130 Å². The number of carbonyl (C=O) groups excluding carboxylic acids is 1. The highest BCUT2D eigenvalue weighted by molar-refractivity contribution is 6.02. The van der Waals surface area contributed by atoms with Crippen LogP contribution in [-0.2, 0) is 13.0 Å². The third-order valence-corrected chi connectivity index (χ3v) is 3.47. The molecule has 22 heavy (non-hydrogen) atoms. The molecule has 0 aliphatic carbocycles. The second-order valence-electron chi connectivity index (χ2n) is 5.55. The Morgan fingerprint density at radius 3 is 2.50 bits per heavy atom. The normalized spacial score (nSPS) is 11.0. The van der Waals surface area contributed by atoms with Crippen molar-refractivity contribution >= 4 is 11.6 Å². The van der Waals surface area contributed by atoms with E-state index in [9.17, 15) is 4.79 Å². The fraction of sp³-hybridized carbons (Fsp3) is 0.353. The van der Waals surface area contributed by atoms with Crippen LogP contribution < -0.4 is 5.32 Å². The zero-order valence-electron chi connectivity index (χ0n) is 13.2. The van der Waals surface area contributed by atoms with Crippen LogP contribution in [-0.4, -0.2) is 36.6 Å². The predicted octanol–water partition coefficient (Wildman–Crippen LogP) is 2.44. The fourth-order valence-corrected chi connectivity index (χ4v) is 2.09. The van der Waals surface area contributed by atoms with Gasteiger partial charge < -0.3 is 19.7 Å². The minimum atomic E-state index is -0.316. The molecule has 2 aromatic rings. The number of likely N-dealkylation sites (N-methyl/N-ethyl adjacent to an activating group) is 1. The van der Waals surface area contributed by atoms with E-state index in [1.165, 1.54) is 5.56 Å². The first-order chi connectivity index (χ1) is 10.5. The van der Waals surface area contributed by atoms with Crippen LogP contribution >= 0.6 is 0 Å². The molecule has 2 N–H and O–H groups in total. The van der Waals surface area contributed by atoms with E-state index >= 15 is 0 Å². The number of anilines is 1. The highest BCUT2D eigenvalue weighted by Crippen LogP contribution is 2.17. The number of benzene rings is 1. The molecule has 0 saturated heterocycles. The van der Waals surface area contributed by atoms with Crippen LogP contribution in [0.1, 0.15) is 27.4 Å². The molecule has 1 aromatic heterocycles. The maximum absolute atomic E-state index is 12.1. The topological polar surface area (TPSA) is 65.7 Å². The highest BCUT2D eigenvalue weighted by Gasteiger charge is 2.14. The number of rotatable bonds is 6. The van der Waals surface area contributed by atoms with Crippen LogP contribution in [0.4, 0.5) is 5.69 Å². The van der Waals surface area contributed by atoms with Gasteiger partial charge in [-0.1, -0.05) is 12.1 Å². The van der Waals surface area contributed by atoms with Crippen LogP contribution in [0.3, 0.4) is 0 Å². The molecule has 1 heterocycles. The number of amides is 1. The number of nitrogens with zero attached hydrogens (tertiary/aromatic N) is 1. The van der Waals surface area contributed by atoms with Crippen molar-refractivity contribution in [3.8, 4) is 0 Å². The smallest absolute Gasteiger partial charge is 0.291 e. The van der Waals surface area contributed by atoms with Gasteiger partial charge >= 0.3 is 0 Å². The molecule has 0 aliphatic heterocycles. The zero-order valence-corrected chi connectivity index (χ0v) is 13.2. The van der Waals surface area contributed by atoms with E-state index in [1.807, 2.05) is 38.4 Å². The molecule has 0 spiro atoms. The summed E-state index contributed by atoms with van der Waals surface area (Å²) in [6.45, 7) is 2.58.